The Hall–Kier alpha value is -0.791. The summed E-state index contributed by atoms with van der Waals surface area (Å²) >= 11 is 0.130. The summed E-state index contributed by atoms with van der Waals surface area (Å²) in [6.07, 6.45) is 2.78. The van der Waals surface area contributed by atoms with Gasteiger partial charge in [0.2, 0.25) is 0 Å². The number of benzene rings is 1. The summed E-state index contributed by atoms with van der Waals surface area (Å²) in [4.78, 5) is 12.3. The SMILES string of the molecule is CCCC(CC)([Se]c1ccccc1)C(=O)OCC. The standard InChI is InChI=1S/C15H22O2Se/c1-4-12-15(5-2,14(16)17-6-3)18-13-10-8-7-9-11-13/h7-11H,4-6,12H2,1-3H3. The molecule has 0 fully saturated rings. The molecule has 0 aromatic heterocycles. The maximum atomic E-state index is 12.3. The van der Waals surface area contributed by atoms with Crippen molar-refractivity contribution in [3.05, 3.63) is 30.3 Å². The van der Waals surface area contributed by atoms with Gasteiger partial charge in [0, 0.05) is 0 Å². The van der Waals surface area contributed by atoms with Gasteiger partial charge in [0.1, 0.15) is 0 Å². The Kier molecular flexibility index (Phi) is 6.45. The fraction of sp³-hybridized carbons (Fsp3) is 0.533. The van der Waals surface area contributed by atoms with Gasteiger partial charge < -0.3 is 0 Å². The minimum absolute atomic E-state index is 0.0156. The van der Waals surface area contributed by atoms with Gasteiger partial charge in [-0.15, -0.1) is 0 Å². The van der Waals surface area contributed by atoms with E-state index < -0.39 is 0 Å². The van der Waals surface area contributed by atoms with Crippen LogP contribution in [0.3, 0.4) is 0 Å². The van der Waals surface area contributed by atoms with Crippen LogP contribution in [0.2, 0.25) is 4.31 Å². The van der Waals surface area contributed by atoms with Gasteiger partial charge in [-0.05, 0) is 0 Å². The van der Waals surface area contributed by atoms with Gasteiger partial charge >= 0.3 is 116 Å². The summed E-state index contributed by atoms with van der Waals surface area (Å²) in [7, 11) is 0. The van der Waals surface area contributed by atoms with E-state index in [1.165, 1.54) is 4.46 Å². The van der Waals surface area contributed by atoms with E-state index in [4.69, 9.17) is 4.74 Å². The molecule has 3 heteroatoms. The molecule has 1 rings (SSSR count). The summed E-state index contributed by atoms with van der Waals surface area (Å²) in [5.41, 5.74) is 0. The molecule has 0 aliphatic carbocycles. The molecule has 0 amide bonds. The van der Waals surface area contributed by atoms with Gasteiger partial charge in [0.15, 0.2) is 0 Å². The third-order valence-corrected chi connectivity index (χ3v) is 6.20. The number of ether oxygens (including phenoxy) is 1. The number of rotatable bonds is 7. The molecule has 1 aromatic rings. The third kappa shape index (κ3) is 3.86. The maximum absolute atomic E-state index is 12.3. The van der Waals surface area contributed by atoms with Crippen LogP contribution in [0.4, 0.5) is 0 Å². The fourth-order valence-corrected chi connectivity index (χ4v) is 4.77. The van der Waals surface area contributed by atoms with Crippen LogP contribution < -0.4 is 4.46 Å². The molecule has 2 nitrogen and oxygen atoms in total. The molecule has 0 radical (unpaired) electrons. The molecule has 0 saturated heterocycles. The van der Waals surface area contributed by atoms with Crippen LogP contribution in [0.25, 0.3) is 0 Å². The van der Waals surface area contributed by atoms with Gasteiger partial charge in [-0.1, -0.05) is 0 Å². The molecule has 0 aliphatic rings. The van der Waals surface area contributed by atoms with Crippen molar-refractivity contribution in [3.63, 3.8) is 0 Å². The first kappa shape index (κ1) is 15.3. The van der Waals surface area contributed by atoms with Gasteiger partial charge in [-0.25, -0.2) is 0 Å². The number of hydrogen-bond donors (Lipinski definition) is 0. The fourth-order valence-electron chi connectivity index (χ4n) is 1.97. The number of hydrogen-bond acceptors (Lipinski definition) is 2. The van der Waals surface area contributed by atoms with Crippen LogP contribution in [0.5, 0.6) is 0 Å². The molecule has 1 atom stereocenters. The zero-order valence-corrected chi connectivity index (χ0v) is 13.2. The van der Waals surface area contributed by atoms with Crippen molar-refractivity contribution in [1.29, 1.82) is 0 Å². The summed E-state index contributed by atoms with van der Waals surface area (Å²) in [6, 6.07) is 10.3. The summed E-state index contributed by atoms with van der Waals surface area (Å²) in [5, 5.41) is 0. The first-order valence-electron chi connectivity index (χ1n) is 6.59. The molecule has 0 bridgehead atoms. The normalized spacial score (nSPS) is 13.9. The summed E-state index contributed by atoms with van der Waals surface area (Å²) in [6.45, 7) is 6.57. The Bertz CT molecular complexity index is 364. The molecule has 100 valence electrons. The van der Waals surface area contributed by atoms with Crippen molar-refractivity contribution in [2.75, 3.05) is 6.61 Å². The first-order chi connectivity index (χ1) is 8.68. The van der Waals surface area contributed by atoms with Crippen LogP contribution in [-0.2, 0) is 9.53 Å². The van der Waals surface area contributed by atoms with Crippen molar-refractivity contribution < 1.29 is 9.53 Å². The Morgan fingerprint density at radius 1 is 1.22 bits per heavy atom. The van der Waals surface area contributed by atoms with E-state index in [2.05, 4.69) is 26.0 Å². The zero-order valence-electron chi connectivity index (χ0n) is 11.4. The predicted molar refractivity (Wildman–Crippen MR) is 76.4 cm³/mol. The average molecular weight is 313 g/mol. The topological polar surface area (TPSA) is 26.3 Å². The predicted octanol–water partition coefficient (Wildman–Crippen LogP) is 2.95. The van der Waals surface area contributed by atoms with E-state index in [-0.39, 0.29) is 25.2 Å². The Morgan fingerprint density at radius 2 is 1.89 bits per heavy atom. The summed E-state index contributed by atoms with van der Waals surface area (Å²) in [5.74, 6) is -0.0156. The molecule has 0 heterocycles. The zero-order chi connectivity index (χ0) is 13.4. The molecule has 0 aliphatic heterocycles. The molecule has 1 unspecified atom stereocenters. The number of esters is 1. The van der Waals surface area contributed by atoms with Crippen molar-refractivity contribution in [2.24, 2.45) is 0 Å². The Morgan fingerprint density at radius 3 is 2.39 bits per heavy atom. The quantitative estimate of drug-likeness (QED) is 0.571. The molecule has 0 saturated carbocycles. The van der Waals surface area contributed by atoms with E-state index >= 15 is 0 Å². The van der Waals surface area contributed by atoms with E-state index in [9.17, 15) is 4.79 Å². The van der Waals surface area contributed by atoms with Crippen LogP contribution in [0.1, 0.15) is 40.0 Å². The Labute approximate surface area is 116 Å². The molecule has 18 heavy (non-hydrogen) atoms. The summed E-state index contributed by atoms with van der Waals surface area (Å²) < 4.78 is 6.28. The van der Waals surface area contributed by atoms with Crippen molar-refractivity contribution >= 4 is 25.4 Å². The van der Waals surface area contributed by atoms with Gasteiger partial charge in [-0.2, -0.15) is 0 Å². The van der Waals surface area contributed by atoms with Crippen molar-refractivity contribution in [1.82, 2.24) is 0 Å². The first-order valence-corrected chi connectivity index (χ1v) is 8.31. The number of carbonyl (C=O) groups excluding carboxylic acids is 1. The third-order valence-electron chi connectivity index (χ3n) is 2.93. The monoisotopic (exact) mass is 314 g/mol. The van der Waals surface area contributed by atoms with Gasteiger partial charge in [0.25, 0.3) is 0 Å². The van der Waals surface area contributed by atoms with E-state index in [1.54, 1.807) is 0 Å². The van der Waals surface area contributed by atoms with Crippen molar-refractivity contribution in [2.45, 2.75) is 44.3 Å². The van der Waals surface area contributed by atoms with Crippen molar-refractivity contribution in [3.8, 4) is 0 Å². The van der Waals surface area contributed by atoms with Crippen LogP contribution in [0.15, 0.2) is 30.3 Å². The molecular weight excluding hydrogens is 291 g/mol. The van der Waals surface area contributed by atoms with E-state index in [0.717, 1.165) is 19.3 Å². The second kappa shape index (κ2) is 7.60. The van der Waals surface area contributed by atoms with Crippen LogP contribution in [0, 0.1) is 0 Å². The molecule has 0 N–H and O–H groups in total. The minimum atomic E-state index is -0.293. The molecule has 0 spiro atoms. The van der Waals surface area contributed by atoms with Gasteiger partial charge in [-0.3, -0.25) is 0 Å². The van der Waals surface area contributed by atoms with E-state index in [0.29, 0.717) is 6.61 Å². The second-order valence-corrected chi connectivity index (χ2v) is 7.29. The van der Waals surface area contributed by atoms with Crippen LogP contribution in [-0.4, -0.2) is 27.5 Å². The van der Waals surface area contributed by atoms with Gasteiger partial charge in [0.05, 0.1) is 0 Å². The average Bonchev–Trinajstić information content (AvgIpc) is 2.39. The molecule has 1 aromatic carbocycles. The second-order valence-electron chi connectivity index (χ2n) is 4.23. The Balaban J connectivity index is 2.92. The van der Waals surface area contributed by atoms with E-state index in [1.807, 2.05) is 25.1 Å². The number of carbonyl (C=O) groups is 1. The van der Waals surface area contributed by atoms with Crippen LogP contribution >= 0.6 is 0 Å². The molecular formula is C15H22O2Se.